The van der Waals surface area contributed by atoms with E-state index in [1.165, 1.54) is 35.1 Å². The van der Waals surface area contributed by atoms with Gasteiger partial charge in [0.1, 0.15) is 12.4 Å². The number of hydrogen-bond acceptors (Lipinski definition) is 4. The predicted molar refractivity (Wildman–Crippen MR) is 113 cm³/mol. The Hall–Kier alpha value is -3.01. The Kier molecular flexibility index (Phi) is 6.54. The van der Waals surface area contributed by atoms with E-state index in [1.807, 2.05) is 13.8 Å². The van der Waals surface area contributed by atoms with Crippen LogP contribution in [-0.4, -0.2) is 37.9 Å². The molecule has 0 saturated carbocycles. The zero-order valence-corrected chi connectivity index (χ0v) is 18.3. The third kappa shape index (κ3) is 5.42. The zero-order chi connectivity index (χ0) is 23.7. The number of carboxylic acid groups (broad SMARTS) is 1. The van der Waals surface area contributed by atoms with Gasteiger partial charge in [0.15, 0.2) is 10.8 Å². The van der Waals surface area contributed by atoms with Crippen LogP contribution >= 0.6 is 11.6 Å². The molecule has 0 bridgehead atoms. The first kappa shape index (κ1) is 23.6. The summed E-state index contributed by atoms with van der Waals surface area (Å²) in [6.07, 6.45) is -2.59. The fraction of sp³-hybridized carbons (Fsp3) is 0.381. The summed E-state index contributed by atoms with van der Waals surface area (Å²) in [6.45, 7) is 5.09. The molecule has 2 heterocycles. The number of nitrogens with zero attached hydrogens (tertiary/aromatic N) is 3. The lowest BCUT2D eigenvalue weighted by atomic mass is 9.91. The van der Waals surface area contributed by atoms with Gasteiger partial charge in [0.05, 0.1) is 11.1 Å². The van der Waals surface area contributed by atoms with Crippen molar-refractivity contribution in [3.05, 3.63) is 47.4 Å². The Morgan fingerprint density at radius 2 is 2.03 bits per heavy atom. The molecule has 32 heavy (non-hydrogen) atoms. The lowest BCUT2D eigenvalue weighted by molar-refractivity contribution is -0.139. The molecule has 1 amide bonds. The third-order valence-electron chi connectivity index (χ3n) is 4.74. The van der Waals surface area contributed by atoms with Crippen molar-refractivity contribution in [3.63, 3.8) is 0 Å². The smallest absolute Gasteiger partial charge is 0.419 e. The predicted octanol–water partition coefficient (Wildman–Crippen LogP) is 5.52. The minimum Gasteiger partial charge on any atom is -0.491 e. The summed E-state index contributed by atoms with van der Waals surface area (Å²) in [5.41, 5.74) is -1.09. The van der Waals surface area contributed by atoms with Gasteiger partial charge in [-0.25, -0.2) is 14.3 Å². The molecule has 11 heteroatoms. The van der Waals surface area contributed by atoms with Gasteiger partial charge in [-0.15, -0.1) is 0 Å². The van der Waals surface area contributed by atoms with E-state index in [2.05, 4.69) is 15.4 Å². The summed E-state index contributed by atoms with van der Waals surface area (Å²) < 4.78 is 48.5. The minimum atomic E-state index is -4.71. The van der Waals surface area contributed by atoms with E-state index in [0.29, 0.717) is 17.6 Å². The maximum absolute atomic E-state index is 13.9. The molecule has 0 radical (unpaired) electrons. The standard InChI is InChI=1S/C21H22ClF3N4O3/c1-12(2)10-20(3,27-19(30)31)11-32-16-5-4-13(8-15(16)21(23,24)25)14-9-17(22)28-29-7-6-26-18(14)29/h4-9,12,27H,10-11H2,1-3H3,(H,30,31). The van der Waals surface area contributed by atoms with E-state index in [-0.39, 0.29) is 23.2 Å². The Morgan fingerprint density at radius 1 is 1.31 bits per heavy atom. The highest BCUT2D eigenvalue weighted by Gasteiger charge is 2.36. The fourth-order valence-corrected chi connectivity index (χ4v) is 3.88. The number of rotatable bonds is 7. The Labute approximate surface area is 187 Å². The van der Waals surface area contributed by atoms with Gasteiger partial charge in [0.2, 0.25) is 0 Å². The first-order valence-electron chi connectivity index (χ1n) is 9.73. The van der Waals surface area contributed by atoms with Crippen molar-refractivity contribution in [1.82, 2.24) is 19.9 Å². The Balaban J connectivity index is 1.99. The van der Waals surface area contributed by atoms with E-state index < -0.39 is 29.1 Å². The van der Waals surface area contributed by atoms with Gasteiger partial charge in [0.25, 0.3) is 0 Å². The van der Waals surface area contributed by atoms with Crippen molar-refractivity contribution in [2.45, 2.75) is 38.9 Å². The lowest BCUT2D eigenvalue weighted by Gasteiger charge is -2.31. The van der Waals surface area contributed by atoms with Crippen LogP contribution in [0, 0.1) is 5.92 Å². The van der Waals surface area contributed by atoms with Gasteiger partial charge < -0.3 is 15.2 Å². The lowest BCUT2D eigenvalue weighted by Crippen LogP contribution is -2.50. The number of halogens is 4. The van der Waals surface area contributed by atoms with Crippen LogP contribution in [0.15, 0.2) is 36.7 Å². The summed E-state index contributed by atoms with van der Waals surface area (Å²) in [5, 5.41) is 15.6. The van der Waals surface area contributed by atoms with Crippen molar-refractivity contribution in [3.8, 4) is 16.9 Å². The Morgan fingerprint density at radius 3 is 2.66 bits per heavy atom. The number of amides is 1. The number of ether oxygens (including phenoxy) is 1. The van der Waals surface area contributed by atoms with Crippen LogP contribution in [0.5, 0.6) is 5.75 Å². The van der Waals surface area contributed by atoms with Crippen LogP contribution in [0.2, 0.25) is 5.15 Å². The second-order valence-corrected chi connectivity index (χ2v) is 8.55. The van der Waals surface area contributed by atoms with Crippen LogP contribution in [0.25, 0.3) is 16.8 Å². The van der Waals surface area contributed by atoms with Crippen molar-refractivity contribution in [2.75, 3.05) is 6.61 Å². The average molecular weight is 471 g/mol. The van der Waals surface area contributed by atoms with Gasteiger partial charge in [0, 0.05) is 18.0 Å². The highest BCUT2D eigenvalue weighted by atomic mass is 35.5. The molecule has 0 aliphatic carbocycles. The first-order chi connectivity index (χ1) is 14.9. The molecule has 0 aliphatic heterocycles. The topological polar surface area (TPSA) is 88.8 Å². The van der Waals surface area contributed by atoms with Crippen LogP contribution < -0.4 is 10.1 Å². The molecule has 0 fully saturated rings. The van der Waals surface area contributed by atoms with Crippen molar-refractivity contribution in [2.24, 2.45) is 5.92 Å². The quantitative estimate of drug-likeness (QED) is 0.474. The molecule has 1 aromatic carbocycles. The number of fused-ring (bicyclic) bond motifs is 1. The fourth-order valence-electron chi connectivity index (χ4n) is 3.69. The Bertz CT molecular complexity index is 1130. The molecule has 2 aromatic heterocycles. The van der Waals surface area contributed by atoms with Gasteiger partial charge >= 0.3 is 12.3 Å². The van der Waals surface area contributed by atoms with Crippen molar-refractivity contribution < 1.29 is 27.8 Å². The first-order valence-corrected chi connectivity index (χ1v) is 10.1. The summed E-state index contributed by atoms with van der Waals surface area (Å²) >= 11 is 6.01. The molecular formula is C21H22ClF3N4O3. The van der Waals surface area contributed by atoms with Gasteiger partial charge in [-0.3, -0.25) is 0 Å². The molecule has 3 rings (SSSR count). The highest BCUT2D eigenvalue weighted by molar-refractivity contribution is 6.29. The number of alkyl halides is 3. The summed E-state index contributed by atoms with van der Waals surface area (Å²) in [5.74, 6) is -0.309. The normalized spacial score (nSPS) is 13.9. The second-order valence-electron chi connectivity index (χ2n) is 8.16. The highest BCUT2D eigenvalue weighted by Crippen LogP contribution is 2.40. The van der Waals surface area contributed by atoms with Gasteiger partial charge in [-0.05, 0) is 43.0 Å². The molecule has 0 aliphatic rings. The number of imidazole rings is 1. The number of aromatic nitrogens is 3. The van der Waals surface area contributed by atoms with E-state index in [4.69, 9.17) is 21.4 Å². The van der Waals surface area contributed by atoms with E-state index in [9.17, 15) is 18.0 Å². The van der Waals surface area contributed by atoms with Crippen LogP contribution in [0.3, 0.4) is 0 Å². The van der Waals surface area contributed by atoms with Crippen LogP contribution in [-0.2, 0) is 6.18 Å². The molecule has 0 saturated heterocycles. The van der Waals surface area contributed by atoms with Crippen molar-refractivity contribution in [1.29, 1.82) is 0 Å². The third-order valence-corrected chi connectivity index (χ3v) is 4.92. The largest absolute Gasteiger partial charge is 0.491 e. The minimum absolute atomic E-state index is 0.0910. The summed E-state index contributed by atoms with van der Waals surface area (Å²) in [4.78, 5) is 15.3. The number of nitrogens with one attached hydrogen (secondary N) is 1. The molecule has 1 unspecified atom stereocenters. The number of benzene rings is 1. The summed E-state index contributed by atoms with van der Waals surface area (Å²) in [6, 6.07) is 5.08. The molecule has 2 N–H and O–H groups in total. The van der Waals surface area contributed by atoms with Crippen molar-refractivity contribution >= 4 is 23.3 Å². The van der Waals surface area contributed by atoms with Gasteiger partial charge in [-0.2, -0.15) is 18.3 Å². The molecule has 172 valence electrons. The maximum Gasteiger partial charge on any atom is 0.419 e. The number of carbonyl (C=O) groups is 1. The molecule has 7 nitrogen and oxygen atoms in total. The average Bonchev–Trinajstić information content (AvgIpc) is 3.12. The van der Waals surface area contributed by atoms with E-state index in [1.54, 1.807) is 6.92 Å². The van der Waals surface area contributed by atoms with Gasteiger partial charge in [-0.1, -0.05) is 31.5 Å². The molecular weight excluding hydrogens is 449 g/mol. The van der Waals surface area contributed by atoms with Crippen LogP contribution in [0.4, 0.5) is 18.0 Å². The van der Waals surface area contributed by atoms with E-state index >= 15 is 0 Å². The van der Waals surface area contributed by atoms with Crippen LogP contribution in [0.1, 0.15) is 32.8 Å². The van der Waals surface area contributed by atoms with E-state index in [0.717, 1.165) is 6.07 Å². The maximum atomic E-state index is 13.9. The molecule has 0 spiro atoms. The second kappa shape index (κ2) is 8.85. The molecule has 1 atom stereocenters. The molecule has 3 aromatic rings. The zero-order valence-electron chi connectivity index (χ0n) is 17.6. The SMILES string of the molecule is CC(C)CC(C)(COc1ccc(-c2cc(Cl)nn3ccnc23)cc1C(F)(F)F)NC(=O)O. The number of hydrogen-bond donors (Lipinski definition) is 2. The summed E-state index contributed by atoms with van der Waals surface area (Å²) in [7, 11) is 0. The monoisotopic (exact) mass is 470 g/mol.